The van der Waals surface area contributed by atoms with Crippen LogP contribution in [0.5, 0.6) is 0 Å². The fourth-order valence-electron chi connectivity index (χ4n) is 3.40. The average molecular weight is 337 g/mol. The summed E-state index contributed by atoms with van der Waals surface area (Å²) in [4.78, 5) is 5.46. The standard InChI is InChI=1S/C17H21ClN2OS/c1-11-8-14(17-13(4-7-21)10-16(18)22-17)9-15(20-11)12-2-5-19-6-3-12/h2-3,5-6,10-11,14-15,20-21H,4,7-9H2,1H3. The summed E-state index contributed by atoms with van der Waals surface area (Å²) in [6.07, 6.45) is 6.56. The zero-order chi connectivity index (χ0) is 15.5. The quantitative estimate of drug-likeness (QED) is 0.889. The Morgan fingerprint density at radius 1 is 1.36 bits per heavy atom. The van der Waals surface area contributed by atoms with Gasteiger partial charge < -0.3 is 10.4 Å². The van der Waals surface area contributed by atoms with Crippen molar-refractivity contribution in [2.45, 2.75) is 44.2 Å². The van der Waals surface area contributed by atoms with Gasteiger partial charge in [0.2, 0.25) is 0 Å². The number of rotatable bonds is 4. The average Bonchev–Trinajstić information content (AvgIpc) is 2.89. The van der Waals surface area contributed by atoms with Crippen LogP contribution in [0.4, 0.5) is 0 Å². The number of aliphatic hydroxyl groups is 1. The van der Waals surface area contributed by atoms with E-state index in [0.29, 0.717) is 24.4 Å². The largest absolute Gasteiger partial charge is 0.396 e. The van der Waals surface area contributed by atoms with Gasteiger partial charge in [-0.3, -0.25) is 4.98 Å². The van der Waals surface area contributed by atoms with Crippen molar-refractivity contribution >= 4 is 22.9 Å². The lowest BCUT2D eigenvalue weighted by Crippen LogP contribution is -2.37. The third-order valence-corrected chi connectivity index (χ3v) is 5.78. The van der Waals surface area contributed by atoms with Gasteiger partial charge in [0.15, 0.2) is 0 Å². The monoisotopic (exact) mass is 336 g/mol. The predicted molar refractivity (Wildman–Crippen MR) is 91.7 cm³/mol. The fraction of sp³-hybridized carbons (Fsp3) is 0.471. The molecule has 0 spiro atoms. The van der Waals surface area contributed by atoms with Crippen LogP contribution < -0.4 is 5.32 Å². The van der Waals surface area contributed by atoms with Gasteiger partial charge in [-0.15, -0.1) is 11.3 Å². The number of hydrogen-bond acceptors (Lipinski definition) is 4. The highest BCUT2D eigenvalue weighted by molar-refractivity contribution is 7.16. The molecule has 2 aromatic heterocycles. The molecule has 0 radical (unpaired) electrons. The predicted octanol–water partition coefficient (Wildman–Crippen LogP) is 3.93. The molecule has 1 aliphatic heterocycles. The highest BCUT2D eigenvalue weighted by atomic mass is 35.5. The Morgan fingerprint density at radius 3 is 2.86 bits per heavy atom. The molecule has 3 heterocycles. The van der Waals surface area contributed by atoms with Gasteiger partial charge in [0.1, 0.15) is 0 Å². The van der Waals surface area contributed by atoms with Gasteiger partial charge in [-0.25, -0.2) is 0 Å². The number of halogens is 1. The SMILES string of the molecule is CC1CC(c2sc(Cl)cc2CCO)CC(c2ccncc2)N1. The second-order valence-electron chi connectivity index (χ2n) is 5.98. The minimum Gasteiger partial charge on any atom is -0.396 e. The van der Waals surface area contributed by atoms with E-state index in [-0.39, 0.29) is 6.61 Å². The first-order chi connectivity index (χ1) is 10.7. The van der Waals surface area contributed by atoms with Crippen molar-refractivity contribution in [3.63, 3.8) is 0 Å². The molecule has 5 heteroatoms. The Bertz CT molecular complexity index is 616. The molecular weight excluding hydrogens is 316 g/mol. The molecule has 1 fully saturated rings. The Balaban J connectivity index is 1.85. The summed E-state index contributed by atoms with van der Waals surface area (Å²) in [5.41, 5.74) is 2.50. The van der Waals surface area contributed by atoms with E-state index >= 15 is 0 Å². The molecule has 1 saturated heterocycles. The summed E-state index contributed by atoms with van der Waals surface area (Å²) >= 11 is 7.90. The zero-order valence-corrected chi connectivity index (χ0v) is 14.2. The third kappa shape index (κ3) is 3.51. The molecule has 3 unspecified atom stereocenters. The Labute approximate surface area is 140 Å². The van der Waals surface area contributed by atoms with E-state index in [1.165, 1.54) is 16.0 Å². The van der Waals surface area contributed by atoms with E-state index in [9.17, 15) is 5.11 Å². The summed E-state index contributed by atoms with van der Waals surface area (Å²) < 4.78 is 0.824. The van der Waals surface area contributed by atoms with Crippen molar-refractivity contribution in [1.29, 1.82) is 0 Å². The zero-order valence-electron chi connectivity index (χ0n) is 12.6. The number of aliphatic hydroxyl groups excluding tert-OH is 1. The number of thiophene rings is 1. The molecule has 0 saturated carbocycles. The first-order valence-corrected chi connectivity index (χ1v) is 8.91. The maximum atomic E-state index is 9.28. The van der Waals surface area contributed by atoms with Crippen molar-refractivity contribution in [2.24, 2.45) is 0 Å². The van der Waals surface area contributed by atoms with Crippen LogP contribution in [0.3, 0.4) is 0 Å². The topological polar surface area (TPSA) is 45.2 Å². The van der Waals surface area contributed by atoms with Crippen LogP contribution in [0.25, 0.3) is 0 Å². The number of nitrogens with zero attached hydrogens (tertiary/aromatic N) is 1. The lowest BCUT2D eigenvalue weighted by atomic mass is 9.83. The minimum atomic E-state index is 0.175. The van der Waals surface area contributed by atoms with Crippen LogP contribution in [0.2, 0.25) is 4.34 Å². The minimum absolute atomic E-state index is 0.175. The second-order valence-corrected chi connectivity index (χ2v) is 7.70. The first kappa shape index (κ1) is 15.9. The maximum Gasteiger partial charge on any atom is 0.0934 e. The number of hydrogen-bond donors (Lipinski definition) is 2. The van der Waals surface area contributed by atoms with E-state index in [0.717, 1.165) is 17.2 Å². The Hall–Kier alpha value is -0.940. The van der Waals surface area contributed by atoms with Gasteiger partial charge in [-0.05, 0) is 61.4 Å². The summed E-state index contributed by atoms with van der Waals surface area (Å²) in [5, 5.41) is 13.0. The molecule has 3 nitrogen and oxygen atoms in total. The molecular formula is C17H21ClN2OS. The molecule has 0 aliphatic carbocycles. The Morgan fingerprint density at radius 2 is 2.14 bits per heavy atom. The third-order valence-electron chi connectivity index (χ3n) is 4.32. The number of nitrogens with one attached hydrogen (secondary N) is 1. The van der Waals surface area contributed by atoms with Crippen LogP contribution >= 0.6 is 22.9 Å². The lowest BCUT2D eigenvalue weighted by Gasteiger charge is -2.35. The smallest absolute Gasteiger partial charge is 0.0934 e. The van der Waals surface area contributed by atoms with Gasteiger partial charge in [0.05, 0.1) is 4.34 Å². The van der Waals surface area contributed by atoms with Crippen molar-refractivity contribution < 1.29 is 5.11 Å². The van der Waals surface area contributed by atoms with Gasteiger partial charge in [-0.2, -0.15) is 0 Å². The van der Waals surface area contributed by atoms with Crippen LogP contribution in [0.1, 0.15) is 47.7 Å². The molecule has 2 N–H and O–H groups in total. The summed E-state index contributed by atoms with van der Waals surface area (Å²) in [5.74, 6) is 0.494. The van der Waals surface area contributed by atoms with Crippen LogP contribution in [-0.4, -0.2) is 22.7 Å². The second kappa shape index (κ2) is 7.09. The lowest BCUT2D eigenvalue weighted by molar-refractivity contribution is 0.294. The summed E-state index contributed by atoms with van der Waals surface area (Å²) in [7, 11) is 0. The number of piperidine rings is 1. The van der Waals surface area contributed by atoms with Gasteiger partial charge >= 0.3 is 0 Å². The summed E-state index contributed by atoms with van der Waals surface area (Å²) in [6, 6.07) is 7.00. The highest BCUT2D eigenvalue weighted by Gasteiger charge is 2.30. The van der Waals surface area contributed by atoms with Crippen molar-refractivity contribution in [3.05, 3.63) is 50.9 Å². The normalized spacial score (nSPS) is 25.3. The van der Waals surface area contributed by atoms with E-state index in [2.05, 4.69) is 29.4 Å². The van der Waals surface area contributed by atoms with Gasteiger partial charge in [0, 0.05) is 36.0 Å². The molecule has 0 aromatic carbocycles. The van der Waals surface area contributed by atoms with Crippen LogP contribution in [-0.2, 0) is 6.42 Å². The van der Waals surface area contributed by atoms with Crippen LogP contribution in [0, 0.1) is 0 Å². The Kier molecular flexibility index (Phi) is 5.14. The molecule has 22 heavy (non-hydrogen) atoms. The van der Waals surface area contributed by atoms with E-state index in [1.807, 2.05) is 18.5 Å². The fourth-order valence-corrected chi connectivity index (χ4v) is 4.84. The van der Waals surface area contributed by atoms with E-state index in [4.69, 9.17) is 11.6 Å². The molecule has 3 rings (SSSR count). The molecule has 2 aromatic rings. The number of pyridine rings is 1. The van der Waals surface area contributed by atoms with Crippen molar-refractivity contribution in [1.82, 2.24) is 10.3 Å². The van der Waals surface area contributed by atoms with Gasteiger partial charge in [-0.1, -0.05) is 11.6 Å². The molecule has 0 amide bonds. The van der Waals surface area contributed by atoms with Gasteiger partial charge in [0.25, 0.3) is 0 Å². The van der Waals surface area contributed by atoms with Crippen LogP contribution in [0.15, 0.2) is 30.6 Å². The summed E-state index contributed by atoms with van der Waals surface area (Å²) in [6.45, 7) is 2.41. The molecule has 3 atom stereocenters. The van der Waals surface area contributed by atoms with E-state index in [1.54, 1.807) is 11.3 Å². The molecule has 1 aliphatic rings. The van der Waals surface area contributed by atoms with Crippen molar-refractivity contribution in [2.75, 3.05) is 6.61 Å². The molecule has 118 valence electrons. The molecule has 0 bridgehead atoms. The highest BCUT2D eigenvalue weighted by Crippen LogP contribution is 2.42. The maximum absolute atomic E-state index is 9.28. The number of aromatic nitrogens is 1. The van der Waals surface area contributed by atoms with Crippen molar-refractivity contribution in [3.8, 4) is 0 Å². The first-order valence-electron chi connectivity index (χ1n) is 7.72. The van der Waals surface area contributed by atoms with E-state index < -0.39 is 0 Å².